The van der Waals surface area contributed by atoms with Gasteiger partial charge in [0.15, 0.2) is 5.13 Å². The molecule has 0 radical (unpaired) electrons. The Hall–Kier alpha value is -1.28. The van der Waals surface area contributed by atoms with Crippen molar-refractivity contribution < 1.29 is 14.7 Å². The molecule has 1 atom stereocenters. The van der Waals surface area contributed by atoms with Crippen molar-refractivity contribution in [2.75, 3.05) is 17.3 Å². The van der Waals surface area contributed by atoms with Crippen LogP contribution >= 0.6 is 23.1 Å². The maximum Gasteiger partial charge on any atom is 0.326 e. The molecular weight excluding hydrogens is 262 g/mol. The average Bonchev–Trinajstić information content (AvgIpc) is 2.76. The predicted octanol–water partition coefficient (Wildman–Crippen LogP) is 1.47. The van der Waals surface area contributed by atoms with Gasteiger partial charge in [-0.15, -0.1) is 11.3 Å². The predicted molar refractivity (Wildman–Crippen MR) is 68.7 cm³/mol. The summed E-state index contributed by atoms with van der Waals surface area (Å²) in [7, 11) is 0. The molecule has 0 aliphatic heterocycles. The second kappa shape index (κ2) is 7.13. The van der Waals surface area contributed by atoms with Crippen LogP contribution < -0.4 is 10.6 Å². The molecule has 0 aliphatic carbocycles. The fourth-order valence-corrected chi connectivity index (χ4v) is 2.07. The Morgan fingerprint density at radius 1 is 1.65 bits per heavy atom. The first-order valence-corrected chi connectivity index (χ1v) is 7.09. The molecular formula is C9H13N3O3S2. The lowest BCUT2D eigenvalue weighted by Crippen LogP contribution is -2.43. The Bertz CT molecular complexity index is 370. The molecule has 0 aromatic carbocycles. The van der Waals surface area contributed by atoms with Crippen LogP contribution in [0.2, 0.25) is 0 Å². The minimum Gasteiger partial charge on any atom is -0.480 e. The third kappa shape index (κ3) is 5.05. The van der Waals surface area contributed by atoms with Gasteiger partial charge in [0.1, 0.15) is 6.04 Å². The third-order valence-electron chi connectivity index (χ3n) is 1.87. The van der Waals surface area contributed by atoms with Crippen LogP contribution in [0.1, 0.15) is 6.42 Å². The summed E-state index contributed by atoms with van der Waals surface area (Å²) < 4.78 is 0. The topological polar surface area (TPSA) is 91.3 Å². The Morgan fingerprint density at radius 2 is 2.41 bits per heavy atom. The van der Waals surface area contributed by atoms with Gasteiger partial charge in [0.2, 0.25) is 0 Å². The van der Waals surface area contributed by atoms with Crippen molar-refractivity contribution >= 4 is 40.2 Å². The van der Waals surface area contributed by atoms with Crippen LogP contribution in [0.4, 0.5) is 9.93 Å². The van der Waals surface area contributed by atoms with Gasteiger partial charge < -0.3 is 10.4 Å². The van der Waals surface area contributed by atoms with E-state index in [1.165, 1.54) is 23.1 Å². The van der Waals surface area contributed by atoms with E-state index in [-0.39, 0.29) is 0 Å². The minimum atomic E-state index is -1.03. The molecule has 1 rings (SSSR count). The Balaban J connectivity index is 2.43. The van der Waals surface area contributed by atoms with Crippen LogP contribution in [0.25, 0.3) is 0 Å². The van der Waals surface area contributed by atoms with E-state index in [4.69, 9.17) is 5.11 Å². The monoisotopic (exact) mass is 275 g/mol. The van der Waals surface area contributed by atoms with Crippen LogP contribution in [-0.4, -0.2) is 40.1 Å². The van der Waals surface area contributed by atoms with E-state index < -0.39 is 18.0 Å². The number of carbonyl (C=O) groups is 2. The third-order valence-corrected chi connectivity index (χ3v) is 3.20. The van der Waals surface area contributed by atoms with Gasteiger partial charge in [-0.2, -0.15) is 11.8 Å². The van der Waals surface area contributed by atoms with E-state index in [2.05, 4.69) is 15.6 Å². The summed E-state index contributed by atoms with van der Waals surface area (Å²) in [6, 6.07) is -1.42. The first-order chi connectivity index (χ1) is 8.13. The quantitative estimate of drug-likeness (QED) is 0.731. The molecule has 6 nitrogen and oxygen atoms in total. The zero-order valence-electron chi connectivity index (χ0n) is 9.17. The van der Waals surface area contributed by atoms with E-state index in [1.54, 1.807) is 11.6 Å². The van der Waals surface area contributed by atoms with E-state index in [9.17, 15) is 9.59 Å². The van der Waals surface area contributed by atoms with Crippen LogP contribution in [-0.2, 0) is 4.79 Å². The van der Waals surface area contributed by atoms with Crippen molar-refractivity contribution in [1.82, 2.24) is 10.3 Å². The van der Waals surface area contributed by atoms with Gasteiger partial charge in [0.25, 0.3) is 0 Å². The number of thiazole rings is 1. The summed E-state index contributed by atoms with van der Waals surface area (Å²) in [6.07, 6.45) is 3.83. The first-order valence-electron chi connectivity index (χ1n) is 4.82. The molecule has 94 valence electrons. The number of nitrogens with zero attached hydrogens (tertiary/aromatic N) is 1. The molecule has 0 saturated carbocycles. The number of anilines is 1. The van der Waals surface area contributed by atoms with Gasteiger partial charge in [-0.05, 0) is 18.4 Å². The zero-order chi connectivity index (χ0) is 12.7. The fourth-order valence-electron chi connectivity index (χ4n) is 1.07. The summed E-state index contributed by atoms with van der Waals surface area (Å²) in [5, 5.41) is 15.9. The fraction of sp³-hybridized carbons (Fsp3) is 0.444. The molecule has 0 bridgehead atoms. The standard InChI is InChI=1S/C9H13N3O3S2/c1-16-4-2-6(7(13)14)11-8(15)12-9-10-3-5-17-9/h3,5-6H,2,4H2,1H3,(H,13,14)(H2,10,11,12,15)/t6-/m0/s1. The van der Waals surface area contributed by atoms with E-state index in [1.807, 2.05) is 6.26 Å². The number of rotatable bonds is 6. The van der Waals surface area contributed by atoms with Crippen molar-refractivity contribution in [3.8, 4) is 0 Å². The van der Waals surface area contributed by atoms with Crippen molar-refractivity contribution in [2.45, 2.75) is 12.5 Å². The highest BCUT2D eigenvalue weighted by molar-refractivity contribution is 7.98. The van der Waals surface area contributed by atoms with Gasteiger partial charge in [-0.3, -0.25) is 5.32 Å². The van der Waals surface area contributed by atoms with Crippen molar-refractivity contribution in [3.05, 3.63) is 11.6 Å². The van der Waals surface area contributed by atoms with Crippen LogP contribution in [0.3, 0.4) is 0 Å². The molecule has 0 unspecified atom stereocenters. The maximum absolute atomic E-state index is 11.5. The summed E-state index contributed by atoms with van der Waals surface area (Å²) in [5.74, 6) is -0.359. The molecule has 1 aromatic rings. The highest BCUT2D eigenvalue weighted by atomic mass is 32.2. The molecule has 1 aromatic heterocycles. The number of aliphatic carboxylic acids is 1. The molecule has 0 saturated heterocycles. The number of hydrogen-bond donors (Lipinski definition) is 3. The number of hydrogen-bond acceptors (Lipinski definition) is 5. The number of amides is 2. The highest BCUT2D eigenvalue weighted by Crippen LogP contribution is 2.10. The number of carbonyl (C=O) groups excluding carboxylic acids is 1. The molecule has 8 heteroatoms. The van der Waals surface area contributed by atoms with Gasteiger partial charge in [0, 0.05) is 11.6 Å². The number of carboxylic acid groups (broad SMARTS) is 1. The molecule has 2 amide bonds. The van der Waals surface area contributed by atoms with Crippen molar-refractivity contribution in [2.24, 2.45) is 0 Å². The molecule has 1 heterocycles. The smallest absolute Gasteiger partial charge is 0.326 e. The van der Waals surface area contributed by atoms with Crippen LogP contribution in [0, 0.1) is 0 Å². The van der Waals surface area contributed by atoms with Crippen LogP contribution in [0.5, 0.6) is 0 Å². The largest absolute Gasteiger partial charge is 0.480 e. The number of thioether (sulfide) groups is 1. The Morgan fingerprint density at radius 3 is 2.94 bits per heavy atom. The van der Waals surface area contributed by atoms with Gasteiger partial charge in [-0.25, -0.2) is 14.6 Å². The summed E-state index contributed by atoms with van der Waals surface area (Å²) in [5.41, 5.74) is 0. The van der Waals surface area contributed by atoms with Gasteiger partial charge in [0.05, 0.1) is 0 Å². The maximum atomic E-state index is 11.5. The molecule has 3 N–H and O–H groups in total. The van der Waals surface area contributed by atoms with Crippen molar-refractivity contribution in [3.63, 3.8) is 0 Å². The SMILES string of the molecule is CSCC[C@H](NC(=O)Nc1nccs1)C(=O)O. The summed E-state index contributed by atoms with van der Waals surface area (Å²) in [6.45, 7) is 0. The number of nitrogens with one attached hydrogen (secondary N) is 2. The lowest BCUT2D eigenvalue weighted by Gasteiger charge is -2.13. The van der Waals surface area contributed by atoms with E-state index in [0.717, 1.165) is 0 Å². The molecule has 17 heavy (non-hydrogen) atoms. The molecule has 0 fully saturated rings. The van der Waals surface area contributed by atoms with E-state index >= 15 is 0 Å². The second-order valence-electron chi connectivity index (χ2n) is 3.11. The van der Waals surface area contributed by atoms with Crippen LogP contribution in [0.15, 0.2) is 11.6 Å². The first kappa shape index (κ1) is 13.8. The second-order valence-corrected chi connectivity index (χ2v) is 4.99. The normalized spacial score (nSPS) is 11.8. The zero-order valence-corrected chi connectivity index (χ0v) is 10.8. The highest BCUT2D eigenvalue weighted by Gasteiger charge is 2.19. The Kier molecular flexibility index (Phi) is 5.78. The number of urea groups is 1. The molecule has 0 aliphatic rings. The minimum absolute atomic E-state index is 0.391. The van der Waals surface area contributed by atoms with Crippen molar-refractivity contribution in [1.29, 1.82) is 0 Å². The lowest BCUT2D eigenvalue weighted by atomic mass is 10.2. The summed E-state index contributed by atoms with van der Waals surface area (Å²) >= 11 is 2.80. The summed E-state index contributed by atoms with van der Waals surface area (Å²) in [4.78, 5) is 26.2. The Labute approximate surface area is 107 Å². The number of carboxylic acids is 1. The van der Waals surface area contributed by atoms with E-state index in [0.29, 0.717) is 17.3 Å². The van der Waals surface area contributed by atoms with Gasteiger partial charge >= 0.3 is 12.0 Å². The lowest BCUT2D eigenvalue weighted by molar-refractivity contribution is -0.139. The van der Waals surface area contributed by atoms with Gasteiger partial charge in [-0.1, -0.05) is 0 Å². The average molecular weight is 275 g/mol. The molecule has 0 spiro atoms. The number of aromatic nitrogens is 1.